The minimum atomic E-state index is 0.00301. The molecular formula is C9H11N3O2S. The van der Waals surface area contributed by atoms with Crippen molar-refractivity contribution in [1.82, 2.24) is 9.97 Å². The van der Waals surface area contributed by atoms with Crippen molar-refractivity contribution in [1.29, 1.82) is 0 Å². The molecule has 0 bridgehead atoms. The van der Waals surface area contributed by atoms with Crippen LogP contribution in [0.3, 0.4) is 0 Å². The second-order valence-corrected chi connectivity index (χ2v) is 3.99. The van der Waals surface area contributed by atoms with Crippen molar-refractivity contribution in [2.75, 3.05) is 18.6 Å². The van der Waals surface area contributed by atoms with E-state index in [2.05, 4.69) is 22.6 Å². The number of carbonyl (C=O) groups excluding carboxylic acids is 1. The fourth-order valence-corrected chi connectivity index (χ4v) is 1.78. The summed E-state index contributed by atoms with van der Waals surface area (Å²) in [6.07, 6.45) is 2.00. The van der Waals surface area contributed by atoms with Crippen molar-refractivity contribution in [2.45, 2.75) is 11.7 Å². The van der Waals surface area contributed by atoms with Gasteiger partial charge < -0.3 is 4.74 Å². The standard InChI is InChI=1S/C9H11N3O2S/c1-14-7-2-3-10-9(11-7)12-5-6(15)4-8(12)13/h2-3,6,15H,4-5H2,1H3. The Morgan fingerprint density at radius 3 is 3.07 bits per heavy atom. The van der Waals surface area contributed by atoms with E-state index in [1.165, 1.54) is 12.0 Å². The number of methoxy groups -OCH3 is 1. The van der Waals surface area contributed by atoms with Crippen molar-refractivity contribution in [3.8, 4) is 5.88 Å². The number of nitrogens with zero attached hydrogens (tertiary/aromatic N) is 3. The largest absolute Gasteiger partial charge is 0.481 e. The third-order valence-corrected chi connectivity index (χ3v) is 2.52. The summed E-state index contributed by atoms with van der Waals surface area (Å²) < 4.78 is 4.97. The smallest absolute Gasteiger partial charge is 0.235 e. The van der Waals surface area contributed by atoms with E-state index in [4.69, 9.17) is 4.74 Å². The first-order valence-corrected chi connectivity index (χ1v) is 5.08. The summed E-state index contributed by atoms with van der Waals surface area (Å²) in [4.78, 5) is 21.2. The zero-order chi connectivity index (χ0) is 10.8. The van der Waals surface area contributed by atoms with Crippen LogP contribution in [0.4, 0.5) is 5.95 Å². The molecule has 0 saturated carbocycles. The number of amides is 1. The second kappa shape index (κ2) is 4.06. The van der Waals surface area contributed by atoms with E-state index in [0.29, 0.717) is 24.8 Å². The number of anilines is 1. The maximum absolute atomic E-state index is 11.5. The van der Waals surface area contributed by atoms with Crippen LogP contribution < -0.4 is 9.64 Å². The molecule has 0 N–H and O–H groups in total. The number of rotatable bonds is 2. The van der Waals surface area contributed by atoms with Gasteiger partial charge in [0.25, 0.3) is 0 Å². The molecule has 0 aromatic carbocycles. The molecule has 1 atom stereocenters. The Morgan fingerprint density at radius 1 is 1.67 bits per heavy atom. The van der Waals surface area contributed by atoms with Gasteiger partial charge in [0.15, 0.2) is 0 Å². The molecule has 80 valence electrons. The molecule has 0 spiro atoms. The van der Waals surface area contributed by atoms with Gasteiger partial charge in [-0.1, -0.05) is 0 Å². The average molecular weight is 225 g/mol. The summed E-state index contributed by atoms with van der Waals surface area (Å²) in [5, 5.41) is 0.0623. The summed E-state index contributed by atoms with van der Waals surface area (Å²) in [5.74, 6) is 0.842. The topological polar surface area (TPSA) is 55.3 Å². The normalized spacial score (nSPS) is 20.8. The second-order valence-electron chi connectivity index (χ2n) is 3.26. The lowest BCUT2D eigenvalue weighted by Gasteiger charge is -2.13. The van der Waals surface area contributed by atoms with Gasteiger partial charge in [-0.3, -0.25) is 9.69 Å². The fraction of sp³-hybridized carbons (Fsp3) is 0.444. The molecule has 1 amide bonds. The summed E-state index contributed by atoms with van der Waals surface area (Å²) in [6.45, 7) is 0.551. The molecule has 15 heavy (non-hydrogen) atoms. The van der Waals surface area contributed by atoms with Crippen LogP contribution in [-0.4, -0.2) is 34.8 Å². The lowest BCUT2D eigenvalue weighted by atomic mass is 10.4. The fourth-order valence-electron chi connectivity index (χ4n) is 1.46. The van der Waals surface area contributed by atoms with Gasteiger partial charge in [0.2, 0.25) is 17.7 Å². The first kappa shape index (κ1) is 10.2. The molecule has 2 heterocycles. The summed E-state index contributed by atoms with van der Waals surface area (Å²) in [6, 6.07) is 1.64. The third-order valence-electron chi connectivity index (χ3n) is 2.17. The molecular weight excluding hydrogens is 214 g/mol. The number of thiol groups is 1. The Labute approximate surface area is 92.9 Å². The summed E-state index contributed by atoms with van der Waals surface area (Å²) >= 11 is 4.26. The van der Waals surface area contributed by atoms with Gasteiger partial charge in [0.05, 0.1) is 7.11 Å². The Kier molecular flexibility index (Phi) is 2.77. The predicted molar refractivity (Wildman–Crippen MR) is 58.3 cm³/mol. The van der Waals surface area contributed by atoms with Crippen molar-refractivity contribution in [3.05, 3.63) is 12.3 Å². The Morgan fingerprint density at radius 2 is 2.47 bits per heavy atom. The monoisotopic (exact) mass is 225 g/mol. The average Bonchev–Trinajstić information content (AvgIpc) is 2.58. The van der Waals surface area contributed by atoms with E-state index in [-0.39, 0.29) is 11.2 Å². The van der Waals surface area contributed by atoms with Gasteiger partial charge >= 0.3 is 0 Å². The van der Waals surface area contributed by atoms with E-state index >= 15 is 0 Å². The number of aromatic nitrogens is 2. The Bertz CT molecular complexity index is 385. The molecule has 1 aromatic heterocycles. The van der Waals surface area contributed by atoms with Crippen LogP contribution >= 0.6 is 12.6 Å². The third kappa shape index (κ3) is 2.04. The molecule has 1 fully saturated rings. The molecule has 6 heteroatoms. The molecule has 2 rings (SSSR count). The minimum Gasteiger partial charge on any atom is -0.481 e. The maximum atomic E-state index is 11.5. The molecule has 1 saturated heterocycles. The van der Waals surface area contributed by atoms with Gasteiger partial charge in [-0.2, -0.15) is 17.6 Å². The number of ether oxygens (including phenoxy) is 1. The zero-order valence-corrected chi connectivity index (χ0v) is 9.15. The van der Waals surface area contributed by atoms with Crippen LogP contribution in [0.1, 0.15) is 6.42 Å². The zero-order valence-electron chi connectivity index (χ0n) is 8.25. The van der Waals surface area contributed by atoms with Gasteiger partial charge in [-0.15, -0.1) is 0 Å². The first-order chi connectivity index (χ1) is 7.20. The number of carbonyl (C=O) groups is 1. The van der Waals surface area contributed by atoms with Crippen molar-refractivity contribution in [2.24, 2.45) is 0 Å². The van der Waals surface area contributed by atoms with E-state index in [0.717, 1.165) is 0 Å². The SMILES string of the molecule is COc1ccnc(N2CC(S)CC2=O)n1. The first-order valence-electron chi connectivity index (χ1n) is 4.56. The molecule has 1 unspecified atom stereocenters. The Hall–Kier alpha value is -1.30. The Balaban J connectivity index is 2.25. The quantitative estimate of drug-likeness (QED) is 0.746. The highest BCUT2D eigenvalue weighted by Crippen LogP contribution is 2.21. The number of hydrogen-bond donors (Lipinski definition) is 1. The van der Waals surface area contributed by atoms with E-state index < -0.39 is 0 Å². The molecule has 0 aliphatic carbocycles. The van der Waals surface area contributed by atoms with Crippen LogP contribution in [0.2, 0.25) is 0 Å². The molecule has 1 aromatic rings. The van der Waals surface area contributed by atoms with Gasteiger partial charge in [-0.05, 0) is 0 Å². The highest BCUT2D eigenvalue weighted by atomic mass is 32.1. The molecule has 5 nitrogen and oxygen atoms in total. The number of hydrogen-bond acceptors (Lipinski definition) is 5. The van der Waals surface area contributed by atoms with Gasteiger partial charge in [0.1, 0.15) is 0 Å². The lowest BCUT2D eigenvalue weighted by Crippen LogP contribution is -2.26. The van der Waals surface area contributed by atoms with Crippen LogP contribution in [0.15, 0.2) is 12.3 Å². The molecule has 1 aliphatic rings. The van der Waals surface area contributed by atoms with E-state index in [1.807, 2.05) is 0 Å². The van der Waals surface area contributed by atoms with Crippen molar-refractivity contribution in [3.63, 3.8) is 0 Å². The van der Waals surface area contributed by atoms with E-state index in [9.17, 15) is 4.79 Å². The summed E-state index contributed by atoms with van der Waals surface area (Å²) in [7, 11) is 1.53. The highest BCUT2D eigenvalue weighted by molar-refractivity contribution is 7.81. The predicted octanol–water partition coefficient (Wildman–Crippen LogP) is 0.520. The maximum Gasteiger partial charge on any atom is 0.235 e. The van der Waals surface area contributed by atoms with Crippen LogP contribution in [0.25, 0.3) is 0 Å². The van der Waals surface area contributed by atoms with E-state index in [1.54, 1.807) is 12.3 Å². The van der Waals surface area contributed by atoms with Crippen LogP contribution in [0, 0.1) is 0 Å². The molecule has 0 radical (unpaired) electrons. The molecule has 1 aliphatic heterocycles. The van der Waals surface area contributed by atoms with Crippen LogP contribution in [0.5, 0.6) is 5.88 Å². The van der Waals surface area contributed by atoms with Crippen LogP contribution in [-0.2, 0) is 4.79 Å². The minimum absolute atomic E-state index is 0.00301. The van der Waals surface area contributed by atoms with Gasteiger partial charge in [-0.25, -0.2) is 4.98 Å². The summed E-state index contributed by atoms with van der Waals surface area (Å²) in [5.41, 5.74) is 0. The lowest BCUT2D eigenvalue weighted by molar-refractivity contribution is -0.117. The highest BCUT2D eigenvalue weighted by Gasteiger charge is 2.30. The van der Waals surface area contributed by atoms with Crippen molar-refractivity contribution >= 4 is 24.5 Å². The van der Waals surface area contributed by atoms with Gasteiger partial charge in [0, 0.05) is 30.5 Å². The van der Waals surface area contributed by atoms with Crippen molar-refractivity contribution < 1.29 is 9.53 Å².